The highest BCUT2D eigenvalue weighted by atomic mass is 16.6. The molecule has 1 aliphatic rings. The van der Waals surface area contributed by atoms with Crippen molar-refractivity contribution < 1.29 is 19.4 Å². The highest BCUT2D eigenvalue weighted by Crippen LogP contribution is 2.40. The molecule has 0 aromatic carbocycles. The van der Waals surface area contributed by atoms with E-state index in [-0.39, 0.29) is 5.41 Å². The molecule has 1 N–H and O–H groups in total. The molecule has 0 bridgehead atoms. The van der Waals surface area contributed by atoms with Gasteiger partial charge in [0, 0.05) is 6.08 Å². The van der Waals surface area contributed by atoms with Crippen LogP contribution in [0.25, 0.3) is 0 Å². The van der Waals surface area contributed by atoms with Crippen LogP contribution in [0.2, 0.25) is 0 Å². The van der Waals surface area contributed by atoms with E-state index in [4.69, 9.17) is 9.84 Å². The standard InChI is InChI=1S/C23H32O4/c1-16(12-13-20-18(3)11-8-14-23(20,5)6)9-7-10-17(2)15-21(24)27-19(4)22(25)26/h7,9-10,12-13,15,19H,8,11,14H2,1-6H3,(H,25,26). The average Bonchev–Trinajstić information content (AvgIpc) is 2.53. The van der Waals surface area contributed by atoms with E-state index in [1.807, 2.05) is 19.1 Å². The number of ether oxygens (including phenoxy) is 1. The number of carboxylic acid groups (broad SMARTS) is 1. The first-order valence-corrected chi connectivity index (χ1v) is 9.38. The second-order valence-electron chi connectivity index (χ2n) is 7.84. The molecule has 0 amide bonds. The van der Waals surface area contributed by atoms with Crippen molar-refractivity contribution in [2.45, 2.75) is 66.9 Å². The van der Waals surface area contributed by atoms with Crippen LogP contribution in [-0.4, -0.2) is 23.1 Å². The number of allylic oxidation sites excluding steroid dienone is 9. The Morgan fingerprint density at radius 3 is 2.44 bits per heavy atom. The predicted molar refractivity (Wildman–Crippen MR) is 109 cm³/mol. The lowest BCUT2D eigenvalue weighted by Crippen LogP contribution is -2.22. The molecule has 0 saturated heterocycles. The molecule has 0 radical (unpaired) electrons. The Bertz CT molecular complexity index is 715. The lowest BCUT2D eigenvalue weighted by Gasteiger charge is -2.32. The molecule has 1 atom stereocenters. The van der Waals surface area contributed by atoms with Crippen LogP contribution >= 0.6 is 0 Å². The smallest absolute Gasteiger partial charge is 0.344 e. The summed E-state index contributed by atoms with van der Waals surface area (Å²) in [7, 11) is 0. The fourth-order valence-corrected chi connectivity index (χ4v) is 3.13. The minimum Gasteiger partial charge on any atom is -0.479 e. The zero-order chi connectivity index (χ0) is 20.6. The molecule has 4 nitrogen and oxygen atoms in total. The predicted octanol–water partition coefficient (Wildman–Crippen LogP) is 5.53. The van der Waals surface area contributed by atoms with Gasteiger partial charge in [0.1, 0.15) is 0 Å². The molecule has 0 aromatic heterocycles. The molecule has 1 rings (SSSR count). The number of hydrogen-bond donors (Lipinski definition) is 1. The third-order valence-electron chi connectivity index (χ3n) is 4.76. The maximum absolute atomic E-state index is 11.6. The number of carboxylic acids is 1. The minimum absolute atomic E-state index is 0.224. The van der Waals surface area contributed by atoms with Gasteiger partial charge in [-0.25, -0.2) is 9.59 Å². The number of hydrogen-bond acceptors (Lipinski definition) is 3. The van der Waals surface area contributed by atoms with Gasteiger partial charge in [0.2, 0.25) is 0 Å². The van der Waals surface area contributed by atoms with Crippen molar-refractivity contribution in [3.63, 3.8) is 0 Å². The van der Waals surface area contributed by atoms with E-state index in [0.717, 1.165) is 5.57 Å². The van der Waals surface area contributed by atoms with Gasteiger partial charge in [-0.05, 0) is 63.5 Å². The first-order valence-electron chi connectivity index (χ1n) is 9.38. The SMILES string of the molecule is CC(C=CC1=C(C)CCCC1(C)C)=CC=CC(C)=CC(=O)OC(C)C(=O)O. The van der Waals surface area contributed by atoms with Crippen LogP contribution in [0, 0.1) is 5.41 Å². The molecule has 0 spiro atoms. The topological polar surface area (TPSA) is 63.6 Å². The van der Waals surface area contributed by atoms with Crippen molar-refractivity contribution in [2.75, 3.05) is 0 Å². The van der Waals surface area contributed by atoms with Crippen molar-refractivity contribution in [1.29, 1.82) is 0 Å². The van der Waals surface area contributed by atoms with E-state index in [9.17, 15) is 9.59 Å². The summed E-state index contributed by atoms with van der Waals surface area (Å²) in [6.45, 7) is 11.9. The van der Waals surface area contributed by atoms with Crippen molar-refractivity contribution in [2.24, 2.45) is 5.41 Å². The Kier molecular flexibility index (Phi) is 8.48. The molecule has 0 heterocycles. The van der Waals surface area contributed by atoms with E-state index in [1.54, 1.807) is 13.0 Å². The minimum atomic E-state index is -1.17. The quantitative estimate of drug-likeness (QED) is 0.362. The lowest BCUT2D eigenvalue weighted by atomic mass is 9.72. The Hall–Kier alpha value is -2.36. The van der Waals surface area contributed by atoms with Gasteiger partial charge >= 0.3 is 11.9 Å². The molecular formula is C23H32O4. The first-order chi connectivity index (χ1) is 12.5. The van der Waals surface area contributed by atoms with E-state index < -0.39 is 18.0 Å². The molecule has 27 heavy (non-hydrogen) atoms. The second-order valence-corrected chi connectivity index (χ2v) is 7.84. The summed E-state index contributed by atoms with van der Waals surface area (Å²) in [5.41, 5.74) is 4.93. The van der Waals surface area contributed by atoms with E-state index in [0.29, 0.717) is 5.57 Å². The lowest BCUT2D eigenvalue weighted by molar-refractivity contribution is -0.159. The number of carbonyl (C=O) groups is 2. The third-order valence-corrected chi connectivity index (χ3v) is 4.76. The van der Waals surface area contributed by atoms with Crippen molar-refractivity contribution in [1.82, 2.24) is 0 Å². The molecule has 0 aromatic rings. The summed E-state index contributed by atoms with van der Waals surface area (Å²) in [4.78, 5) is 22.3. The number of aliphatic carboxylic acids is 1. The van der Waals surface area contributed by atoms with E-state index in [2.05, 4.69) is 32.9 Å². The van der Waals surface area contributed by atoms with Crippen molar-refractivity contribution >= 4 is 11.9 Å². The Balaban J connectivity index is 2.71. The fourth-order valence-electron chi connectivity index (χ4n) is 3.13. The zero-order valence-electron chi connectivity index (χ0n) is 17.3. The number of rotatable bonds is 7. The molecular weight excluding hydrogens is 340 g/mol. The molecule has 1 aliphatic carbocycles. The molecule has 1 unspecified atom stereocenters. The fraction of sp³-hybridized carbons (Fsp3) is 0.478. The summed E-state index contributed by atoms with van der Waals surface area (Å²) >= 11 is 0. The number of esters is 1. The molecule has 4 heteroatoms. The summed E-state index contributed by atoms with van der Waals surface area (Å²) in [5.74, 6) is -1.82. The van der Waals surface area contributed by atoms with Gasteiger partial charge in [-0.3, -0.25) is 0 Å². The summed E-state index contributed by atoms with van der Waals surface area (Å²) in [6.07, 6.45) is 13.8. The normalized spacial score (nSPS) is 19.6. The molecule has 0 aliphatic heterocycles. The Morgan fingerprint density at radius 2 is 1.85 bits per heavy atom. The summed E-state index contributed by atoms with van der Waals surface area (Å²) < 4.78 is 4.76. The van der Waals surface area contributed by atoms with Gasteiger partial charge < -0.3 is 9.84 Å². The van der Waals surface area contributed by atoms with Gasteiger partial charge in [-0.15, -0.1) is 0 Å². The van der Waals surface area contributed by atoms with Crippen LogP contribution in [0.15, 0.2) is 58.7 Å². The summed E-state index contributed by atoms with van der Waals surface area (Å²) in [5, 5.41) is 8.73. The Labute approximate surface area is 163 Å². The second kappa shape index (κ2) is 10.1. The van der Waals surface area contributed by atoms with Crippen molar-refractivity contribution in [3.05, 3.63) is 58.7 Å². The zero-order valence-corrected chi connectivity index (χ0v) is 17.3. The Morgan fingerprint density at radius 1 is 1.19 bits per heavy atom. The molecule has 0 fully saturated rings. The van der Waals surface area contributed by atoms with Crippen LogP contribution in [0.1, 0.15) is 60.8 Å². The van der Waals surface area contributed by atoms with Crippen LogP contribution in [0.4, 0.5) is 0 Å². The first kappa shape index (κ1) is 22.7. The maximum atomic E-state index is 11.6. The van der Waals surface area contributed by atoms with Crippen LogP contribution in [-0.2, 0) is 14.3 Å². The van der Waals surface area contributed by atoms with Gasteiger partial charge in [0.05, 0.1) is 0 Å². The van der Waals surface area contributed by atoms with E-state index >= 15 is 0 Å². The van der Waals surface area contributed by atoms with Crippen LogP contribution in [0.5, 0.6) is 0 Å². The van der Waals surface area contributed by atoms with Crippen molar-refractivity contribution in [3.8, 4) is 0 Å². The average molecular weight is 373 g/mol. The monoisotopic (exact) mass is 372 g/mol. The summed E-state index contributed by atoms with van der Waals surface area (Å²) in [6, 6.07) is 0. The third kappa shape index (κ3) is 7.81. The highest BCUT2D eigenvalue weighted by Gasteiger charge is 2.26. The maximum Gasteiger partial charge on any atom is 0.344 e. The largest absolute Gasteiger partial charge is 0.479 e. The van der Waals surface area contributed by atoms with Gasteiger partial charge in [0.25, 0.3) is 0 Å². The van der Waals surface area contributed by atoms with Gasteiger partial charge in [-0.1, -0.05) is 55.4 Å². The van der Waals surface area contributed by atoms with E-state index in [1.165, 1.54) is 43.4 Å². The molecule has 148 valence electrons. The molecule has 0 saturated carbocycles. The van der Waals surface area contributed by atoms with Gasteiger partial charge in [0.15, 0.2) is 6.10 Å². The van der Waals surface area contributed by atoms with Gasteiger partial charge in [-0.2, -0.15) is 0 Å². The van der Waals surface area contributed by atoms with Crippen LogP contribution < -0.4 is 0 Å². The van der Waals surface area contributed by atoms with Crippen LogP contribution in [0.3, 0.4) is 0 Å². The highest BCUT2D eigenvalue weighted by molar-refractivity contribution is 5.86. The number of carbonyl (C=O) groups excluding carboxylic acids is 1.